The predicted molar refractivity (Wildman–Crippen MR) is 63.9 cm³/mol. The Balaban J connectivity index is 2.20. The molecule has 0 bridgehead atoms. The Morgan fingerprint density at radius 3 is 2.27 bits per heavy atom. The average Bonchev–Trinajstić information content (AvgIpc) is 2.53. The van der Waals surface area contributed by atoms with E-state index in [4.69, 9.17) is 0 Å². The van der Waals surface area contributed by atoms with Crippen molar-refractivity contribution in [2.24, 2.45) is 0 Å². The molecule has 0 fully saturated rings. The van der Waals surface area contributed by atoms with Crippen molar-refractivity contribution in [2.45, 2.75) is 6.54 Å². The van der Waals surface area contributed by atoms with Gasteiger partial charge in [0.2, 0.25) is 0 Å². The number of imide groups is 1. The van der Waals surface area contributed by atoms with Crippen molar-refractivity contribution < 1.29 is 9.59 Å². The Hall–Kier alpha value is -1.17. The van der Waals surface area contributed by atoms with Gasteiger partial charge in [-0.1, -0.05) is 18.2 Å². The second-order valence-corrected chi connectivity index (χ2v) is 4.35. The number of amides is 2. The normalized spacial score (nSPS) is 15.1. The van der Waals surface area contributed by atoms with Crippen LogP contribution in [0, 0.1) is 3.57 Å². The highest BCUT2D eigenvalue weighted by Crippen LogP contribution is 2.16. The molecule has 0 atom stereocenters. The first-order valence-corrected chi connectivity index (χ1v) is 5.53. The van der Waals surface area contributed by atoms with Gasteiger partial charge in [0.25, 0.3) is 11.8 Å². The van der Waals surface area contributed by atoms with E-state index in [-0.39, 0.29) is 11.8 Å². The van der Waals surface area contributed by atoms with Gasteiger partial charge in [0.05, 0.1) is 6.54 Å². The molecule has 0 spiro atoms. The molecule has 0 aromatic heterocycles. The Labute approximate surface area is 101 Å². The molecule has 1 aromatic carbocycles. The van der Waals surface area contributed by atoms with Crippen molar-refractivity contribution in [3.8, 4) is 0 Å². The summed E-state index contributed by atoms with van der Waals surface area (Å²) in [5, 5.41) is 0. The molecule has 1 aromatic rings. The maximum absolute atomic E-state index is 11.3. The standard InChI is InChI=1S/C11H8INO2/c12-9-4-2-1-3-8(9)7-13-10(14)5-6-11(13)15/h1-6H,7H2. The van der Waals surface area contributed by atoms with Crippen LogP contribution in [0.5, 0.6) is 0 Å². The summed E-state index contributed by atoms with van der Waals surface area (Å²) < 4.78 is 1.06. The van der Waals surface area contributed by atoms with E-state index in [0.29, 0.717) is 6.54 Å². The molecule has 76 valence electrons. The lowest BCUT2D eigenvalue weighted by molar-refractivity contribution is -0.137. The first kappa shape index (κ1) is 10.4. The Bertz CT molecular complexity index is 436. The third-order valence-corrected chi connectivity index (χ3v) is 3.24. The van der Waals surface area contributed by atoms with Gasteiger partial charge in [-0.3, -0.25) is 14.5 Å². The second-order valence-electron chi connectivity index (χ2n) is 3.19. The van der Waals surface area contributed by atoms with Crippen molar-refractivity contribution in [1.29, 1.82) is 0 Å². The summed E-state index contributed by atoms with van der Waals surface area (Å²) >= 11 is 2.19. The highest BCUT2D eigenvalue weighted by molar-refractivity contribution is 14.1. The van der Waals surface area contributed by atoms with Crippen molar-refractivity contribution in [3.05, 3.63) is 45.6 Å². The summed E-state index contributed by atoms with van der Waals surface area (Å²) in [5.74, 6) is -0.473. The lowest BCUT2D eigenvalue weighted by Gasteiger charge is -2.14. The first-order valence-electron chi connectivity index (χ1n) is 4.45. The lowest BCUT2D eigenvalue weighted by atomic mass is 10.2. The molecule has 1 aliphatic rings. The molecule has 1 heterocycles. The molecular formula is C11H8INO2. The minimum Gasteiger partial charge on any atom is -0.271 e. The Morgan fingerprint density at radius 1 is 1.07 bits per heavy atom. The van der Waals surface area contributed by atoms with Crippen LogP contribution in [0.1, 0.15) is 5.56 Å². The Morgan fingerprint density at radius 2 is 1.67 bits per heavy atom. The smallest absolute Gasteiger partial charge is 0.253 e. The van der Waals surface area contributed by atoms with E-state index in [0.717, 1.165) is 9.13 Å². The minimum atomic E-state index is -0.236. The van der Waals surface area contributed by atoms with Crippen LogP contribution in [0.4, 0.5) is 0 Å². The van der Waals surface area contributed by atoms with Crippen LogP contribution < -0.4 is 0 Å². The van der Waals surface area contributed by atoms with Crippen LogP contribution in [-0.2, 0) is 16.1 Å². The van der Waals surface area contributed by atoms with Crippen LogP contribution in [-0.4, -0.2) is 16.7 Å². The van der Waals surface area contributed by atoms with E-state index < -0.39 is 0 Å². The topological polar surface area (TPSA) is 37.4 Å². The molecule has 1 aliphatic heterocycles. The number of rotatable bonds is 2. The van der Waals surface area contributed by atoms with Gasteiger partial charge in [-0.05, 0) is 34.2 Å². The fourth-order valence-electron chi connectivity index (χ4n) is 1.38. The number of benzene rings is 1. The monoisotopic (exact) mass is 313 g/mol. The summed E-state index contributed by atoms with van der Waals surface area (Å²) in [6.45, 7) is 0.351. The molecule has 15 heavy (non-hydrogen) atoms. The van der Waals surface area contributed by atoms with Gasteiger partial charge < -0.3 is 0 Å². The van der Waals surface area contributed by atoms with E-state index in [1.165, 1.54) is 17.1 Å². The van der Waals surface area contributed by atoms with Gasteiger partial charge in [-0.2, -0.15) is 0 Å². The highest BCUT2D eigenvalue weighted by Gasteiger charge is 2.23. The summed E-state index contributed by atoms with van der Waals surface area (Å²) in [6, 6.07) is 7.70. The third-order valence-electron chi connectivity index (χ3n) is 2.19. The largest absolute Gasteiger partial charge is 0.271 e. The average molecular weight is 313 g/mol. The predicted octanol–water partition coefficient (Wildman–Crippen LogP) is 1.72. The van der Waals surface area contributed by atoms with Crippen LogP contribution in [0.2, 0.25) is 0 Å². The van der Waals surface area contributed by atoms with Gasteiger partial charge >= 0.3 is 0 Å². The summed E-state index contributed by atoms with van der Waals surface area (Å²) in [6.07, 6.45) is 2.61. The van der Waals surface area contributed by atoms with Crippen LogP contribution >= 0.6 is 22.6 Å². The number of nitrogens with zero attached hydrogens (tertiary/aromatic N) is 1. The van der Waals surface area contributed by atoms with Crippen LogP contribution in [0.15, 0.2) is 36.4 Å². The quantitative estimate of drug-likeness (QED) is 0.616. The highest BCUT2D eigenvalue weighted by atomic mass is 127. The minimum absolute atomic E-state index is 0.236. The van der Waals surface area contributed by atoms with Crippen LogP contribution in [0.25, 0.3) is 0 Å². The maximum atomic E-state index is 11.3. The summed E-state index contributed by atoms with van der Waals surface area (Å²) in [7, 11) is 0. The number of halogens is 1. The fraction of sp³-hybridized carbons (Fsp3) is 0.0909. The van der Waals surface area contributed by atoms with Crippen molar-refractivity contribution in [3.63, 3.8) is 0 Å². The number of carbonyl (C=O) groups excluding carboxylic acids is 2. The van der Waals surface area contributed by atoms with Crippen molar-refractivity contribution in [2.75, 3.05) is 0 Å². The van der Waals surface area contributed by atoms with Gasteiger partial charge in [-0.25, -0.2) is 0 Å². The molecule has 4 heteroatoms. The van der Waals surface area contributed by atoms with Gasteiger partial charge in [0.1, 0.15) is 0 Å². The molecule has 0 saturated carbocycles. The van der Waals surface area contributed by atoms with Gasteiger partial charge in [0.15, 0.2) is 0 Å². The maximum Gasteiger partial charge on any atom is 0.253 e. The molecule has 2 amide bonds. The zero-order chi connectivity index (χ0) is 10.8. The third kappa shape index (κ3) is 2.09. The van der Waals surface area contributed by atoms with Gasteiger partial charge in [-0.15, -0.1) is 0 Å². The first-order chi connectivity index (χ1) is 7.18. The number of hydrogen-bond donors (Lipinski definition) is 0. The fourth-order valence-corrected chi connectivity index (χ4v) is 1.94. The Kier molecular flexibility index (Phi) is 2.86. The molecule has 3 nitrogen and oxygen atoms in total. The summed E-state index contributed by atoms with van der Waals surface area (Å²) in [4.78, 5) is 23.9. The SMILES string of the molecule is O=C1C=CC(=O)N1Cc1ccccc1I. The van der Waals surface area contributed by atoms with E-state index in [1.54, 1.807) is 0 Å². The zero-order valence-electron chi connectivity index (χ0n) is 7.81. The van der Waals surface area contributed by atoms with E-state index in [1.807, 2.05) is 24.3 Å². The van der Waals surface area contributed by atoms with E-state index in [2.05, 4.69) is 22.6 Å². The van der Waals surface area contributed by atoms with Crippen LogP contribution in [0.3, 0.4) is 0 Å². The second kappa shape index (κ2) is 4.14. The molecule has 0 unspecified atom stereocenters. The molecule has 0 N–H and O–H groups in total. The van der Waals surface area contributed by atoms with E-state index >= 15 is 0 Å². The zero-order valence-corrected chi connectivity index (χ0v) is 9.97. The van der Waals surface area contributed by atoms with Crippen molar-refractivity contribution in [1.82, 2.24) is 4.90 Å². The van der Waals surface area contributed by atoms with Crippen molar-refractivity contribution >= 4 is 34.4 Å². The van der Waals surface area contributed by atoms with Gasteiger partial charge in [0, 0.05) is 15.7 Å². The molecule has 0 radical (unpaired) electrons. The molecular weight excluding hydrogens is 305 g/mol. The molecule has 0 saturated heterocycles. The molecule has 2 rings (SSSR count). The lowest BCUT2D eigenvalue weighted by Crippen LogP contribution is -2.29. The summed E-state index contributed by atoms with van der Waals surface area (Å²) in [5.41, 5.74) is 0.989. The number of carbonyl (C=O) groups is 2. The molecule has 0 aliphatic carbocycles. The van der Waals surface area contributed by atoms with E-state index in [9.17, 15) is 9.59 Å². The number of hydrogen-bond acceptors (Lipinski definition) is 2.